The van der Waals surface area contributed by atoms with Crippen molar-refractivity contribution in [2.45, 2.75) is 20.4 Å². The van der Waals surface area contributed by atoms with Crippen molar-refractivity contribution in [2.24, 2.45) is 0 Å². The summed E-state index contributed by atoms with van der Waals surface area (Å²) in [6.07, 6.45) is 0. The summed E-state index contributed by atoms with van der Waals surface area (Å²) in [7, 11) is 0. The van der Waals surface area contributed by atoms with Gasteiger partial charge in [-0.1, -0.05) is 0 Å². The van der Waals surface area contributed by atoms with Crippen LogP contribution in [0.4, 0.5) is 0 Å². The Hall–Kier alpha value is -2.83. The minimum absolute atomic E-state index is 0.0931. The van der Waals surface area contributed by atoms with Gasteiger partial charge in [0.1, 0.15) is 11.5 Å². The molecule has 0 aliphatic rings. The number of benzene rings is 1. The van der Waals surface area contributed by atoms with Crippen molar-refractivity contribution in [1.29, 1.82) is 0 Å². The Kier molecular flexibility index (Phi) is 6.36. The second-order valence-electron chi connectivity index (χ2n) is 5.08. The lowest BCUT2D eigenvalue weighted by Gasteiger charge is -2.09. The molecule has 24 heavy (non-hydrogen) atoms. The van der Waals surface area contributed by atoms with Gasteiger partial charge < -0.3 is 14.8 Å². The summed E-state index contributed by atoms with van der Waals surface area (Å²) in [6.45, 7) is 4.84. The second kappa shape index (κ2) is 8.71. The number of rotatable bonds is 8. The van der Waals surface area contributed by atoms with Gasteiger partial charge in [-0.05, 0) is 44.2 Å². The maximum absolute atomic E-state index is 11.8. The van der Waals surface area contributed by atoms with Crippen LogP contribution >= 0.6 is 0 Å². The Bertz CT molecular complexity index is 725. The second-order valence-corrected chi connectivity index (χ2v) is 5.08. The third-order valence-corrected chi connectivity index (χ3v) is 3.15. The molecular formula is C17H21N3O4. The Morgan fingerprint density at radius 1 is 1.12 bits per heavy atom. The average Bonchev–Trinajstić information content (AvgIpc) is 2.58. The van der Waals surface area contributed by atoms with Crippen LogP contribution in [0.1, 0.15) is 12.6 Å². The molecule has 0 unspecified atom stereocenters. The highest BCUT2D eigenvalue weighted by Crippen LogP contribution is 2.17. The molecule has 0 spiro atoms. The fourth-order valence-electron chi connectivity index (χ4n) is 2.01. The Balaban J connectivity index is 1.73. The minimum Gasteiger partial charge on any atom is -0.494 e. The lowest BCUT2D eigenvalue weighted by Crippen LogP contribution is -2.34. The summed E-state index contributed by atoms with van der Waals surface area (Å²) in [5.41, 5.74) is 0.556. The molecule has 0 radical (unpaired) electrons. The van der Waals surface area contributed by atoms with Gasteiger partial charge in [0.05, 0.1) is 18.8 Å². The van der Waals surface area contributed by atoms with Gasteiger partial charge in [-0.15, -0.1) is 0 Å². The molecule has 7 nitrogen and oxygen atoms in total. The van der Waals surface area contributed by atoms with Gasteiger partial charge in [-0.3, -0.25) is 9.59 Å². The summed E-state index contributed by atoms with van der Waals surface area (Å²) >= 11 is 0. The predicted molar refractivity (Wildman–Crippen MR) is 89.3 cm³/mol. The van der Waals surface area contributed by atoms with E-state index in [-0.39, 0.29) is 18.1 Å². The Morgan fingerprint density at radius 3 is 2.46 bits per heavy atom. The molecule has 0 fully saturated rings. The lowest BCUT2D eigenvalue weighted by molar-refractivity contribution is -0.123. The van der Waals surface area contributed by atoms with Crippen molar-refractivity contribution in [3.05, 3.63) is 52.4 Å². The van der Waals surface area contributed by atoms with Crippen molar-refractivity contribution in [3.8, 4) is 11.5 Å². The van der Waals surface area contributed by atoms with E-state index in [4.69, 9.17) is 9.47 Å². The van der Waals surface area contributed by atoms with Gasteiger partial charge in [-0.2, -0.15) is 5.10 Å². The van der Waals surface area contributed by atoms with E-state index in [0.29, 0.717) is 25.4 Å². The van der Waals surface area contributed by atoms with Crippen LogP contribution in [0.5, 0.6) is 11.5 Å². The van der Waals surface area contributed by atoms with Gasteiger partial charge in [0.15, 0.2) is 6.61 Å². The van der Waals surface area contributed by atoms with Gasteiger partial charge in [0.2, 0.25) is 0 Å². The van der Waals surface area contributed by atoms with E-state index in [2.05, 4.69) is 10.4 Å². The number of ether oxygens (including phenoxy) is 2. The van der Waals surface area contributed by atoms with Crippen LogP contribution < -0.4 is 20.3 Å². The summed E-state index contributed by atoms with van der Waals surface area (Å²) in [5.74, 6) is 1.08. The number of carbonyl (C=O) groups excluding carboxylic acids is 1. The van der Waals surface area contributed by atoms with Crippen LogP contribution in [0, 0.1) is 6.92 Å². The van der Waals surface area contributed by atoms with E-state index in [0.717, 1.165) is 11.4 Å². The standard InChI is InChI=1S/C17H21N3O4/c1-3-23-14-5-7-15(8-6-14)24-12-16(21)18-10-11-20-17(22)9-4-13(2)19-20/h4-9H,3,10-12H2,1-2H3,(H,18,21). The first-order valence-electron chi connectivity index (χ1n) is 7.75. The molecule has 0 aliphatic heterocycles. The van der Waals surface area contributed by atoms with Gasteiger partial charge >= 0.3 is 0 Å². The largest absolute Gasteiger partial charge is 0.494 e. The number of aromatic nitrogens is 2. The van der Waals surface area contributed by atoms with E-state index < -0.39 is 0 Å². The molecule has 0 bridgehead atoms. The molecule has 128 valence electrons. The zero-order valence-corrected chi connectivity index (χ0v) is 13.8. The average molecular weight is 331 g/mol. The smallest absolute Gasteiger partial charge is 0.266 e. The zero-order valence-electron chi connectivity index (χ0n) is 13.8. The highest BCUT2D eigenvalue weighted by atomic mass is 16.5. The van der Waals surface area contributed by atoms with Crippen molar-refractivity contribution in [2.75, 3.05) is 19.8 Å². The maximum Gasteiger partial charge on any atom is 0.266 e. The van der Waals surface area contributed by atoms with Crippen LogP contribution in [0.3, 0.4) is 0 Å². The third-order valence-electron chi connectivity index (χ3n) is 3.15. The zero-order chi connectivity index (χ0) is 17.4. The first-order chi connectivity index (χ1) is 11.6. The van der Waals surface area contributed by atoms with Crippen LogP contribution in [-0.4, -0.2) is 35.4 Å². The van der Waals surface area contributed by atoms with Gasteiger partial charge in [-0.25, -0.2) is 4.68 Å². The molecule has 1 heterocycles. The minimum atomic E-state index is -0.260. The van der Waals surface area contributed by atoms with Crippen molar-refractivity contribution < 1.29 is 14.3 Å². The molecule has 2 aromatic rings. The summed E-state index contributed by atoms with van der Waals surface area (Å²) < 4.78 is 12.0. The van der Waals surface area contributed by atoms with Crippen molar-refractivity contribution >= 4 is 5.91 Å². The molecule has 1 aromatic heterocycles. The van der Waals surface area contributed by atoms with Gasteiger partial charge in [0.25, 0.3) is 11.5 Å². The highest BCUT2D eigenvalue weighted by molar-refractivity contribution is 5.77. The number of hydrogen-bond donors (Lipinski definition) is 1. The van der Waals surface area contributed by atoms with Crippen molar-refractivity contribution in [1.82, 2.24) is 15.1 Å². The molecule has 0 aliphatic carbocycles. The molecule has 7 heteroatoms. The normalized spacial score (nSPS) is 10.2. The molecule has 0 saturated heterocycles. The van der Waals surface area contributed by atoms with E-state index in [9.17, 15) is 9.59 Å². The SMILES string of the molecule is CCOc1ccc(OCC(=O)NCCn2nc(C)ccc2=O)cc1. The Morgan fingerprint density at radius 2 is 1.79 bits per heavy atom. The van der Waals surface area contributed by atoms with Crippen molar-refractivity contribution in [3.63, 3.8) is 0 Å². The molecule has 1 aromatic carbocycles. The quantitative estimate of drug-likeness (QED) is 0.784. The summed E-state index contributed by atoms with van der Waals surface area (Å²) in [4.78, 5) is 23.3. The number of aryl methyl sites for hydroxylation is 1. The summed E-state index contributed by atoms with van der Waals surface area (Å²) in [5, 5.41) is 6.79. The van der Waals surface area contributed by atoms with E-state index in [1.807, 2.05) is 6.92 Å². The molecule has 1 amide bonds. The monoisotopic (exact) mass is 331 g/mol. The van der Waals surface area contributed by atoms with E-state index in [1.165, 1.54) is 10.7 Å². The molecular weight excluding hydrogens is 310 g/mol. The number of hydrogen-bond acceptors (Lipinski definition) is 5. The van der Waals surface area contributed by atoms with E-state index >= 15 is 0 Å². The van der Waals surface area contributed by atoms with Crippen LogP contribution in [0.15, 0.2) is 41.2 Å². The van der Waals surface area contributed by atoms with Crippen LogP contribution in [-0.2, 0) is 11.3 Å². The number of amides is 1. The van der Waals surface area contributed by atoms with E-state index in [1.54, 1.807) is 37.3 Å². The molecule has 0 atom stereocenters. The molecule has 2 rings (SSSR count). The third kappa shape index (κ3) is 5.42. The number of nitrogens with one attached hydrogen (secondary N) is 1. The summed E-state index contributed by atoms with van der Waals surface area (Å²) in [6, 6.07) is 10.2. The molecule has 0 saturated carbocycles. The maximum atomic E-state index is 11.8. The number of nitrogens with zero attached hydrogens (tertiary/aromatic N) is 2. The number of carbonyl (C=O) groups is 1. The first kappa shape index (κ1) is 17.5. The van der Waals surface area contributed by atoms with Crippen LogP contribution in [0.2, 0.25) is 0 Å². The first-order valence-corrected chi connectivity index (χ1v) is 7.75. The van der Waals surface area contributed by atoms with Gasteiger partial charge in [0, 0.05) is 12.6 Å². The molecule has 1 N–H and O–H groups in total. The predicted octanol–water partition coefficient (Wildman–Crippen LogP) is 1.15. The fraction of sp³-hybridized carbons (Fsp3) is 0.353. The highest BCUT2D eigenvalue weighted by Gasteiger charge is 2.04. The lowest BCUT2D eigenvalue weighted by atomic mass is 10.3. The Labute approximate surface area is 140 Å². The van der Waals surface area contributed by atoms with Crippen LogP contribution in [0.25, 0.3) is 0 Å². The fourth-order valence-corrected chi connectivity index (χ4v) is 2.01. The topological polar surface area (TPSA) is 82.4 Å².